The van der Waals surface area contributed by atoms with Gasteiger partial charge in [-0.05, 0) is 44.6 Å². The van der Waals surface area contributed by atoms with Crippen LogP contribution in [0.4, 0.5) is 0 Å². The minimum absolute atomic E-state index is 0.195. The first-order valence-electron chi connectivity index (χ1n) is 7.14. The molecule has 1 aromatic carbocycles. The lowest BCUT2D eigenvalue weighted by molar-refractivity contribution is -0.0277. The van der Waals surface area contributed by atoms with Crippen LogP contribution in [0, 0.1) is 0 Å². The van der Waals surface area contributed by atoms with Crippen molar-refractivity contribution in [1.82, 2.24) is 4.90 Å². The molecule has 0 heterocycles. The van der Waals surface area contributed by atoms with Crippen molar-refractivity contribution in [3.8, 4) is 0 Å². The van der Waals surface area contributed by atoms with Gasteiger partial charge >= 0.3 is 0 Å². The third kappa shape index (κ3) is 3.80. The summed E-state index contributed by atoms with van der Waals surface area (Å²) in [5.41, 5.74) is 0.705. The van der Waals surface area contributed by atoms with E-state index in [1.165, 1.54) is 12.0 Å². The van der Waals surface area contributed by atoms with E-state index < -0.39 is 5.60 Å². The molecule has 1 N–H and O–H groups in total. The van der Waals surface area contributed by atoms with Crippen LogP contribution in [0.15, 0.2) is 28.7 Å². The molecule has 0 aliphatic heterocycles. The molecule has 0 amide bonds. The zero-order valence-electron chi connectivity index (χ0n) is 11.9. The number of hydrogen-bond donors (Lipinski definition) is 1. The molecule has 3 heteroatoms. The fourth-order valence-electron chi connectivity index (χ4n) is 3.19. The molecule has 1 fully saturated rings. The van der Waals surface area contributed by atoms with Crippen LogP contribution in [-0.2, 0) is 0 Å². The standard InChI is InChI=1S/C16H24BrNO/c1-18(2)12-15(13-7-6-8-14(17)11-13)16(19)9-4-3-5-10-16/h6-8,11,15,19H,3-5,9-10,12H2,1-2H3/t15-/m1/s1. The lowest BCUT2D eigenvalue weighted by atomic mass is 9.72. The van der Waals surface area contributed by atoms with E-state index >= 15 is 0 Å². The van der Waals surface area contributed by atoms with Gasteiger partial charge in [-0.25, -0.2) is 0 Å². The Morgan fingerprint density at radius 1 is 1.26 bits per heavy atom. The third-order valence-electron chi connectivity index (χ3n) is 4.17. The Hall–Kier alpha value is -0.380. The van der Waals surface area contributed by atoms with Gasteiger partial charge in [-0.2, -0.15) is 0 Å². The minimum atomic E-state index is -0.538. The molecular weight excluding hydrogens is 302 g/mol. The summed E-state index contributed by atoms with van der Waals surface area (Å²) in [6.45, 7) is 0.896. The van der Waals surface area contributed by atoms with E-state index in [-0.39, 0.29) is 5.92 Å². The molecule has 0 bridgehead atoms. The molecule has 106 valence electrons. The van der Waals surface area contributed by atoms with Crippen LogP contribution in [0.5, 0.6) is 0 Å². The van der Waals surface area contributed by atoms with Gasteiger partial charge in [-0.3, -0.25) is 0 Å². The zero-order valence-corrected chi connectivity index (χ0v) is 13.5. The van der Waals surface area contributed by atoms with Crippen molar-refractivity contribution < 1.29 is 5.11 Å². The second-order valence-electron chi connectivity index (χ2n) is 6.03. The summed E-state index contributed by atoms with van der Waals surface area (Å²) in [5, 5.41) is 11.1. The lowest BCUT2D eigenvalue weighted by Gasteiger charge is -2.41. The summed E-state index contributed by atoms with van der Waals surface area (Å²) < 4.78 is 1.09. The zero-order chi connectivity index (χ0) is 13.9. The normalized spacial score (nSPS) is 20.5. The molecule has 19 heavy (non-hydrogen) atoms. The van der Waals surface area contributed by atoms with Crippen LogP contribution in [0.1, 0.15) is 43.6 Å². The van der Waals surface area contributed by atoms with Crippen molar-refractivity contribution in [2.45, 2.75) is 43.6 Å². The molecule has 0 saturated heterocycles. The summed E-state index contributed by atoms with van der Waals surface area (Å²) >= 11 is 3.54. The Morgan fingerprint density at radius 3 is 2.53 bits per heavy atom. The average Bonchev–Trinajstić information content (AvgIpc) is 2.36. The molecule has 1 aliphatic rings. The molecule has 2 rings (SSSR count). The predicted molar refractivity (Wildman–Crippen MR) is 83.5 cm³/mol. The van der Waals surface area contributed by atoms with Crippen LogP contribution in [0.2, 0.25) is 0 Å². The highest BCUT2D eigenvalue weighted by atomic mass is 79.9. The summed E-state index contributed by atoms with van der Waals surface area (Å²) in [5.74, 6) is 0.195. The van der Waals surface area contributed by atoms with Crippen LogP contribution < -0.4 is 0 Å². The second-order valence-corrected chi connectivity index (χ2v) is 6.95. The molecule has 0 spiro atoms. The topological polar surface area (TPSA) is 23.5 Å². The highest BCUT2D eigenvalue weighted by Crippen LogP contribution is 2.40. The van der Waals surface area contributed by atoms with Crippen molar-refractivity contribution in [1.29, 1.82) is 0 Å². The van der Waals surface area contributed by atoms with Crippen molar-refractivity contribution in [2.24, 2.45) is 0 Å². The van der Waals surface area contributed by atoms with Gasteiger partial charge in [0.15, 0.2) is 0 Å². The molecule has 2 nitrogen and oxygen atoms in total. The number of benzene rings is 1. The maximum Gasteiger partial charge on any atom is 0.0728 e. The number of aliphatic hydroxyl groups is 1. The number of hydrogen-bond acceptors (Lipinski definition) is 2. The van der Waals surface area contributed by atoms with Gasteiger partial charge in [0.1, 0.15) is 0 Å². The molecule has 0 unspecified atom stereocenters. The van der Waals surface area contributed by atoms with Crippen molar-refractivity contribution in [3.05, 3.63) is 34.3 Å². The quantitative estimate of drug-likeness (QED) is 0.910. The fourth-order valence-corrected chi connectivity index (χ4v) is 3.60. The van der Waals surface area contributed by atoms with Gasteiger partial charge in [0.25, 0.3) is 0 Å². The van der Waals surface area contributed by atoms with Crippen LogP contribution in [0.25, 0.3) is 0 Å². The third-order valence-corrected chi connectivity index (χ3v) is 4.66. The molecule has 0 aromatic heterocycles. The Kier molecular flexibility index (Phi) is 5.04. The Labute approximate surface area is 124 Å². The highest BCUT2D eigenvalue weighted by molar-refractivity contribution is 9.10. The average molecular weight is 326 g/mol. The van der Waals surface area contributed by atoms with E-state index in [2.05, 4.69) is 53.1 Å². The lowest BCUT2D eigenvalue weighted by Crippen LogP contribution is -2.42. The Morgan fingerprint density at radius 2 is 1.95 bits per heavy atom. The Balaban J connectivity index is 2.29. The molecule has 1 atom stereocenters. The van der Waals surface area contributed by atoms with Crippen molar-refractivity contribution in [3.63, 3.8) is 0 Å². The van der Waals surface area contributed by atoms with Crippen LogP contribution in [-0.4, -0.2) is 36.2 Å². The molecule has 1 aromatic rings. The van der Waals surface area contributed by atoms with E-state index in [4.69, 9.17) is 0 Å². The van der Waals surface area contributed by atoms with E-state index in [0.717, 1.165) is 36.7 Å². The Bertz CT molecular complexity index is 413. The van der Waals surface area contributed by atoms with Crippen molar-refractivity contribution >= 4 is 15.9 Å². The number of nitrogens with zero attached hydrogens (tertiary/aromatic N) is 1. The van der Waals surface area contributed by atoms with Gasteiger partial charge in [-0.15, -0.1) is 0 Å². The monoisotopic (exact) mass is 325 g/mol. The molecular formula is C16H24BrNO. The van der Waals surface area contributed by atoms with Gasteiger partial charge in [-0.1, -0.05) is 47.3 Å². The van der Waals surface area contributed by atoms with Gasteiger partial charge in [0.05, 0.1) is 5.60 Å². The first kappa shape index (κ1) is 15.0. The summed E-state index contributed by atoms with van der Waals surface area (Å²) in [6, 6.07) is 8.40. The maximum atomic E-state index is 11.1. The number of rotatable bonds is 4. The van der Waals surface area contributed by atoms with E-state index in [0.29, 0.717) is 0 Å². The fraction of sp³-hybridized carbons (Fsp3) is 0.625. The largest absolute Gasteiger partial charge is 0.389 e. The van der Waals surface area contributed by atoms with E-state index in [9.17, 15) is 5.11 Å². The molecule has 1 aliphatic carbocycles. The molecule has 1 saturated carbocycles. The minimum Gasteiger partial charge on any atom is -0.389 e. The smallest absolute Gasteiger partial charge is 0.0728 e. The van der Waals surface area contributed by atoms with E-state index in [1.807, 2.05) is 6.07 Å². The summed E-state index contributed by atoms with van der Waals surface area (Å²) in [4.78, 5) is 2.18. The van der Waals surface area contributed by atoms with Gasteiger partial charge < -0.3 is 10.0 Å². The van der Waals surface area contributed by atoms with Crippen molar-refractivity contribution in [2.75, 3.05) is 20.6 Å². The maximum absolute atomic E-state index is 11.1. The van der Waals surface area contributed by atoms with Gasteiger partial charge in [0.2, 0.25) is 0 Å². The number of likely N-dealkylation sites (N-methyl/N-ethyl adjacent to an activating group) is 1. The summed E-state index contributed by atoms with van der Waals surface area (Å²) in [6.07, 6.45) is 5.41. The van der Waals surface area contributed by atoms with Gasteiger partial charge in [0, 0.05) is 16.9 Å². The van der Waals surface area contributed by atoms with Crippen LogP contribution in [0.3, 0.4) is 0 Å². The first-order chi connectivity index (χ1) is 9.01. The molecule has 0 radical (unpaired) electrons. The van der Waals surface area contributed by atoms with E-state index in [1.54, 1.807) is 0 Å². The summed E-state index contributed by atoms with van der Waals surface area (Å²) in [7, 11) is 4.16. The van der Waals surface area contributed by atoms with Crippen LogP contribution >= 0.6 is 15.9 Å². The highest BCUT2D eigenvalue weighted by Gasteiger charge is 2.38. The number of halogens is 1. The first-order valence-corrected chi connectivity index (χ1v) is 7.93. The SMILES string of the molecule is CN(C)C[C@H](c1cccc(Br)c1)C1(O)CCCCC1. The predicted octanol–water partition coefficient (Wildman–Crippen LogP) is 3.79. The second kappa shape index (κ2) is 6.38.